The van der Waals surface area contributed by atoms with Gasteiger partial charge >= 0.3 is 0 Å². The lowest BCUT2D eigenvalue weighted by molar-refractivity contribution is 0.174. The number of hydrogen-bond acceptors (Lipinski definition) is 4. The van der Waals surface area contributed by atoms with Crippen LogP contribution in [0.15, 0.2) is 36.4 Å². The van der Waals surface area contributed by atoms with Crippen LogP contribution >= 0.6 is 12.2 Å². The maximum atomic E-state index is 5.76. The molecule has 0 saturated carbocycles. The molecule has 0 atom stereocenters. The van der Waals surface area contributed by atoms with Gasteiger partial charge in [0.25, 0.3) is 0 Å². The Morgan fingerprint density at radius 1 is 1.15 bits per heavy atom. The highest BCUT2D eigenvalue weighted by Crippen LogP contribution is 2.35. The van der Waals surface area contributed by atoms with Crippen molar-refractivity contribution in [3.05, 3.63) is 47.5 Å². The molecule has 102 valence electrons. The lowest BCUT2D eigenvalue weighted by atomic mass is 10.1. The summed E-state index contributed by atoms with van der Waals surface area (Å²) in [6.07, 6.45) is 0. The number of hydrogen-bond donors (Lipinski definition) is 2. The molecule has 1 aliphatic heterocycles. The number of nitrogens with one attached hydrogen (secondary N) is 1. The van der Waals surface area contributed by atoms with E-state index < -0.39 is 0 Å². The first kappa shape index (κ1) is 12.7. The Labute approximate surface area is 122 Å². The molecule has 4 nitrogen and oxygen atoms in total. The fourth-order valence-electron chi connectivity index (χ4n) is 2.11. The summed E-state index contributed by atoms with van der Waals surface area (Å²) >= 11 is 5.08. The summed E-state index contributed by atoms with van der Waals surface area (Å²) in [5, 5.41) is 3.32. The molecule has 0 amide bonds. The molecular weight excluding hydrogens is 272 g/mol. The van der Waals surface area contributed by atoms with Crippen LogP contribution in [0.5, 0.6) is 11.5 Å². The second-order valence-electron chi connectivity index (χ2n) is 4.61. The van der Waals surface area contributed by atoms with Crippen LogP contribution in [-0.2, 0) is 0 Å². The highest BCUT2D eigenvalue weighted by molar-refractivity contribution is 7.80. The number of anilines is 2. The van der Waals surface area contributed by atoms with E-state index in [1.807, 2.05) is 43.3 Å². The Balaban J connectivity index is 1.95. The average Bonchev–Trinajstić information content (AvgIpc) is 2.85. The van der Waals surface area contributed by atoms with E-state index in [4.69, 9.17) is 27.4 Å². The summed E-state index contributed by atoms with van der Waals surface area (Å²) in [6, 6.07) is 11.6. The summed E-state index contributed by atoms with van der Waals surface area (Å²) in [5.41, 5.74) is 9.50. The quantitative estimate of drug-likeness (QED) is 0.849. The molecule has 0 bridgehead atoms. The smallest absolute Gasteiger partial charge is 0.231 e. The molecule has 0 aliphatic carbocycles. The van der Waals surface area contributed by atoms with Crippen LogP contribution in [0.3, 0.4) is 0 Å². The zero-order valence-corrected chi connectivity index (χ0v) is 11.8. The molecular formula is C15H14N2O2S. The van der Waals surface area contributed by atoms with E-state index in [0.29, 0.717) is 4.99 Å². The van der Waals surface area contributed by atoms with E-state index in [-0.39, 0.29) is 6.79 Å². The van der Waals surface area contributed by atoms with Gasteiger partial charge in [-0.05, 0) is 36.8 Å². The standard InChI is InChI=1S/C15H14N2O2S/c1-9-2-4-11(15(16)20)12(6-9)17-10-3-5-13-14(7-10)19-8-18-13/h2-7,17H,8H2,1H3,(H2,16,20). The number of thiocarbonyl (C=S) groups is 1. The Hall–Kier alpha value is -2.27. The van der Waals surface area contributed by atoms with Gasteiger partial charge in [-0.2, -0.15) is 0 Å². The van der Waals surface area contributed by atoms with Gasteiger partial charge < -0.3 is 20.5 Å². The van der Waals surface area contributed by atoms with Crippen molar-refractivity contribution in [3.63, 3.8) is 0 Å². The van der Waals surface area contributed by atoms with Crippen molar-refractivity contribution in [2.75, 3.05) is 12.1 Å². The minimum Gasteiger partial charge on any atom is -0.454 e. The first-order chi connectivity index (χ1) is 9.63. The zero-order valence-electron chi connectivity index (χ0n) is 11.0. The van der Waals surface area contributed by atoms with E-state index >= 15 is 0 Å². The molecule has 1 heterocycles. The van der Waals surface area contributed by atoms with Crippen molar-refractivity contribution < 1.29 is 9.47 Å². The number of nitrogens with two attached hydrogens (primary N) is 1. The molecule has 0 spiro atoms. The molecule has 2 aromatic rings. The molecule has 1 aliphatic rings. The molecule has 0 fully saturated rings. The normalized spacial score (nSPS) is 12.2. The summed E-state index contributed by atoms with van der Waals surface area (Å²) < 4.78 is 10.7. The summed E-state index contributed by atoms with van der Waals surface area (Å²) in [5.74, 6) is 1.49. The minimum absolute atomic E-state index is 0.265. The van der Waals surface area contributed by atoms with Gasteiger partial charge in [0.1, 0.15) is 4.99 Å². The number of ether oxygens (including phenoxy) is 2. The fraction of sp³-hybridized carbons (Fsp3) is 0.133. The number of aryl methyl sites for hydroxylation is 1. The van der Waals surface area contributed by atoms with Crippen LogP contribution < -0.4 is 20.5 Å². The third kappa shape index (κ3) is 2.40. The number of benzene rings is 2. The van der Waals surface area contributed by atoms with E-state index in [1.54, 1.807) is 0 Å². The maximum Gasteiger partial charge on any atom is 0.231 e. The van der Waals surface area contributed by atoms with Crippen molar-refractivity contribution in [2.45, 2.75) is 6.92 Å². The van der Waals surface area contributed by atoms with E-state index in [9.17, 15) is 0 Å². The highest BCUT2D eigenvalue weighted by Gasteiger charge is 2.14. The summed E-state index contributed by atoms with van der Waals surface area (Å²) in [6.45, 7) is 2.29. The van der Waals surface area contributed by atoms with Crippen LogP contribution in [0.4, 0.5) is 11.4 Å². The van der Waals surface area contributed by atoms with Crippen LogP contribution in [0.25, 0.3) is 0 Å². The van der Waals surface area contributed by atoms with E-state index in [1.165, 1.54) is 0 Å². The average molecular weight is 286 g/mol. The first-order valence-corrected chi connectivity index (χ1v) is 6.61. The molecule has 20 heavy (non-hydrogen) atoms. The van der Waals surface area contributed by atoms with Gasteiger partial charge in [0.05, 0.1) is 0 Å². The van der Waals surface area contributed by atoms with E-state index in [2.05, 4.69) is 5.32 Å². The van der Waals surface area contributed by atoms with Crippen molar-refractivity contribution >= 4 is 28.6 Å². The third-order valence-corrected chi connectivity index (χ3v) is 3.31. The SMILES string of the molecule is Cc1ccc(C(N)=S)c(Nc2ccc3c(c2)OCO3)c1. The van der Waals surface area contributed by atoms with Crippen molar-refractivity contribution in [1.29, 1.82) is 0 Å². The second kappa shape index (κ2) is 5.02. The van der Waals surface area contributed by atoms with Crippen molar-refractivity contribution in [3.8, 4) is 11.5 Å². The molecule has 2 aromatic carbocycles. The molecule has 3 rings (SSSR count). The molecule has 0 aromatic heterocycles. The van der Waals surface area contributed by atoms with Crippen molar-refractivity contribution in [2.24, 2.45) is 5.73 Å². The predicted molar refractivity (Wildman–Crippen MR) is 82.9 cm³/mol. The van der Waals surface area contributed by atoms with Gasteiger partial charge in [-0.15, -0.1) is 0 Å². The highest BCUT2D eigenvalue weighted by atomic mass is 32.1. The van der Waals surface area contributed by atoms with E-state index in [0.717, 1.165) is 34.0 Å². The van der Waals surface area contributed by atoms with Gasteiger partial charge in [0, 0.05) is 23.0 Å². The maximum absolute atomic E-state index is 5.76. The largest absolute Gasteiger partial charge is 0.454 e. The summed E-state index contributed by atoms with van der Waals surface area (Å²) in [7, 11) is 0. The Bertz CT molecular complexity index is 686. The molecule has 5 heteroatoms. The zero-order chi connectivity index (χ0) is 14.1. The van der Waals surface area contributed by atoms with Crippen LogP contribution in [0.2, 0.25) is 0 Å². The van der Waals surface area contributed by atoms with Crippen molar-refractivity contribution in [1.82, 2.24) is 0 Å². The third-order valence-electron chi connectivity index (χ3n) is 3.09. The monoisotopic (exact) mass is 286 g/mol. The Kier molecular flexibility index (Phi) is 3.20. The van der Waals surface area contributed by atoms with Gasteiger partial charge in [0.15, 0.2) is 11.5 Å². The van der Waals surface area contributed by atoms with Crippen LogP contribution in [-0.4, -0.2) is 11.8 Å². The second-order valence-corrected chi connectivity index (χ2v) is 5.05. The molecule has 0 radical (unpaired) electrons. The molecule has 0 unspecified atom stereocenters. The number of rotatable bonds is 3. The lowest BCUT2D eigenvalue weighted by Gasteiger charge is -2.12. The fourth-order valence-corrected chi connectivity index (χ4v) is 2.28. The molecule has 3 N–H and O–H groups in total. The topological polar surface area (TPSA) is 56.5 Å². The van der Waals surface area contributed by atoms with Gasteiger partial charge in [-0.3, -0.25) is 0 Å². The molecule has 0 saturated heterocycles. The summed E-state index contributed by atoms with van der Waals surface area (Å²) in [4.78, 5) is 0.369. The first-order valence-electron chi connectivity index (χ1n) is 6.20. The minimum atomic E-state index is 0.265. The van der Waals surface area contributed by atoms with Gasteiger partial charge in [-0.1, -0.05) is 18.3 Å². The Morgan fingerprint density at radius 2 is 1.95 bits per heavy atom. The lowest BCUT2D eigenvalue weighted by Crippen LogP contribution is -2.12. The van der Waals surface area contributed by atoms with Gasteiger partial charge in [-0.25, -0.2) is 0 Å². The van der Waals surface area contributed by atoms with Crippen LogP contribution in [0, 0.1) is 6.92 Å². The van der Waals surface area contributed by atoms with Crippen LogP contribution in [0.1, 0.15) is 11.1 Å². The Morgan fingerprint density at radius 3 is 2.75 bits per heavy atom. The van der Waals surface area contributed by atoms with Gasteiger partial charge in [0.2, 0.25) is 6.79 Å². The predicted octanol–water partition coefficient (Wildman–Crippen LogP) is 3.10. The number of fused-ring (bicyclic) bond motifs is 1.